The third-order valence-corrected chi connectivity index (χ3v) is 5.63. The van der Waals surface area contributed by atoms with E-state index in [-0.39, 0.29) is 36.0 Å². The predicted molar refractivity (Wildman–Crippen MR) is 123 cm³/mol. The third kappa shape index (κ3) is 6.52. The standard InChI is InChI=1S/C24H29N3O3S/c1-15(2)12-17-7-9-18(10-8-17)22(16(3)4)26-21(28)13-19-14-31-24(25-19)27-23(29)20-6-5-11-30-20/h5-11,14-16,22H,12-13H2,1-4H3,(H,26,28)(H,25,27,29). The molecule has 0 spiro atoms. The molecule has 0 aliphatic rings. The second-order valence-corrected chi connectivity index (χ2v) is 9.24. The predicted octanol–water partition coefficient (Wildman–Crippen LogP) is 5.24. The maximum absolute atomic E-state index is 12.7. The van der Waals surface area contributed by atoms with Crippen LogP contribution in [0.3, 0.4) is 0 Å². The van der Waals surface area contributed by atoms with Gasteiger partial charge < -0.3 is 9.73 Å². The lowest BCUT2D eigenvalue weighted by Gasteiger charge is -2.23. The molecular weight excluding hydrogens is 410 g/mol. The summed E-state index contributed by atoms with van der Waals surface area (Å²) in [5.41, 5.74) is 3.02. The summed E-state index contributed by atoms with van der Waals surface area (Å²) >= 11 is 1.28. The van der Waals surface area contributed by atoms with Gasteiger partial charge in [0.1, 0.15) is 0 Å². The molecule has 0 bridgehead atoms. The number of hydrogen-bond acceptors (Lipinski definition) is 5. The van der Waals surface area contributed by atoms with Gasteiger partial charge in [-0.3, -0.25) is 14.9 Å². The van der Waals surface area contributed by atoms with E-state index >= 15 is 0 Å². The van der Waals surface area contributed by atoms with Crippen LogP contribution in [-0.4, -0.2) is 16.8 Å². The molecule has 0 aliphatic carbocycles. The Kier molecular flexibility index (Phi) is 7.63. The molecule has 0 radical (unpaired) electrons. The van der Waals surface area contributed by atoms with Crippen LogP contribution in [-0.2, 0) is 17.6 Å². The average molecular weight is 440 g/mol. The second-order valence-electron chi connectivity index (χ2n) is 8.38. The number of anilines is 1. The van der Waals surface area contributed by atoms with Crippen molar-refractivity contribution in [3.05, 3.63) is 70.6 Å². The van der Waals surface area contributed by atoms with Gasteiger partial charge in [-0.25, -0.2) is 4.98 Å². The van der Waals surface area contributed by atoms with Crippen LogP contribution in [0.15, 0.2) is 52.5 Å². The van der Waals surface area contributed by atoms with Crippen molar-refractivity contribution in [3.8, 4) is 0 Å². The lowest BCUT2D eigenvalue weighted by Crippen LogP contribution is -2.33. The average Bonchev–Trinajstić information content (AvgIpc) is 3.38. The van der Waals surface area contributed by atoms with E-state index in [0.717, 1.165) is 12.0 Å². The van der Waals surface area contributed by atoms with Crippen molar-refractivity contribution in [2.24, 2.45) is 11.8 Å². The van der Waals surface area contributed by atoms with Crippen molar-refractivity contribution in [1.82, 2.24) is 10.3 Å². The summed E-state index contributed by atoms with van der Waals surface area (Å²) in [6, 6.07) is 11.7. The summed E-state index contributed by atoms with van der Waals surface area (Å²) in [7, 11) is 0. The molecule has 7 heteroatoms. The van der Waals surface area contributed by atoms with E-state index in [2.05, 4.69) is 67.6 Å². The summed E-state index contributed by atoms with van der Waals surface area (Å²) in [5, 5.41) is 8.04. The molecule has 1 atom stereocenters. The number of furan rings is 1. The number of aromatic nitrogens is 1. The van der Waals surface area contributed by atoms with Crippen LogP contribution >= 0.6 is 11.3 Å². The summed E-state index contributed by atoms with van der Waals surface area (Å²) in [4.78, 5) is 29.1. The molecule has 2 heterocycles. The molecule has 2 aromatic heterocycles. The van der Waals surface area contributed by atoms with E-state index in [1.807, 2.05) is 0 Å². The Balaban J connectivity index is 1.59. The topological polar surface area (TPSA) is 84.2 Å². The molecule has 0 fully saturated rings. The molecule has 0 saturated heterocycles. The number of carbonyl (C=O) groups excluding carboxylic acids is 2. The van der Waals surface area contributed by atoms with Gasteiger partial charge in [0.2, 0.25) is 5.91 Å². The third-order valence-electron chi connectivity index (χ3n) is 4.82. The molecule has 3 aromatic rings. The maximum Gasteiger partial charge on any atom is 0.293 e. The quantitative estimate of drug-likeness (QED) is 0.477. The monoisotopic (exact) mass is 439 g/mol. The summed E-state index contributed by atoms with van der Waals surface area (Å²) < 4.78 is 5.07. The molecule has 31 heavy (non-hydrogen) atoms. The summed E-state index contributed by atoms with van der Waals surface area (Å²) in [5.74, 6) is 0.612. The van der Waals surface area contributed by atoms with Crippen LogP contribution in [0.2, 0.25) is 0 Å². The first kappa shape index (κ1) is 22.7. The largest absolute Gasteiger partial charge is 0.459 e. The van der Waals surface area contributed by atoms with Gasteiger partial charge in [0.05, 0.1) is 24.4 Å². The van der Waals surface area contributed by atoms with E-state index in [9.17, 15) is 9.59 Å². The highest BCUT2D eigenvalue weighted by atomic mass is 32.1. The van der Waals surface area contributed by atoms with Gasteiger partial charge in [-0.15, -0.1) is 11.3 Å². The lowest BCUT2D eigenvalue weighted by molar-refractivity contribution is -0.121. The smallest absolute Gasteiger partial charge is 0.293 e. The van der Waals surface area contributed by atoms with Crippen LogP contribution in [0.4, 0.5) is 5.13 Å². The van der Waals surface area contributed by atoms with Crippen molar-refractivity contribution in [2.45, 2.75) is 46.6 Å². The molecule has 164 valence electrons. The van der Waals surface area contributed by atoms with Gasteiger partial charge in [-0.1, -0.05) is 52.0 Å². The molecular formula is C24H29N3O3S. The Morgan fingerprint density at radius 2 is 1.84 bits per heavy atom. The number of carbonyl (C=O) groups is 2. The zero-order valence-corrected chi connectivity index (χ0v) is 19.2. The Labute approximate surface area is 187 Å². The Morgan fingerprint density at radius 1 is 1.10 bits per heavy atom. The molecule has 0 saturated carbocycles. The first-order chi connectivity index (χ1) is 14.8. The number of nitrogens with one attached hydrogen (secondary N) is 2. The van der Waals surface area contributed by atoms with Gasteiger partial charge in [0.25, 0.3) is 5.91 Å². The van der Waals surface area contributed by atoms with Crippen LogP contribution in [0.5, 0.6) is 0 Å². The van der Waals surface area contributed by atoms with Crippen molar-refractivity contribution >= 4 is 28.3 Å². The molecule has 3 rings (SSSR count). The van der Waals surface area contributed by atoms with Gasteiger partial charge in [-0.2, -0.15) is 0 Å². The van der Waals surface area contributed by atoms with Crippen molar-refractivity contribution in [1.29, 1.82) is 0 Å². The number of nitrogens with zero attached hydrogens (tertiary/aromatic N) is 1. The minimum Gasteiger partial charge on any atom is -0.459 e. The highest BCUT2D eigenvalue weighted by Gasteiger charge is 2.20. The zero-order chi connectivity index (χ0) is 22.4. The number of thiazole rings is 1. The van der Waals surface area contributed by atoms with Gasteiger partial charge in [-0.05, 0) is 41.5 Å². The van der Waals surface area contributed by atoms with Crippen LogP contribution in [0.25, 0.3) is 0 Å². The number of amides is 2. The van der Waals surface area contributed by atoms with Crippen molar-refractivity contribution in [3.63, 3.8) is 0 Å². The minimum atomic E-state index is -0.365. The van der Waals surface area contributed by atoms with E-state index in [1.54, 1.807) is 17.5 Å². The Morgan fingerprint density at radius 3 is 2.45 bits per heavy atom. The van der Waals surface area contributed by atoms with Crippen LogP contribution in [0, 0.1) is 11.8 Å². The normalized spacial score (nSPS) is 12.2. The maximum atomic E-state index is 12.7. The van der Waals surface area contributed by atoms with Crippen LogP contribution in [0.1, 0.15) is 61.1 Å². The number of benzene rings is 1. The fourth-order valence-electron chi connectivity index (χ4n) is 3.37. The highest BCUT2D eigenvalue weighted by molar-refractivity contribution is 7.14. The first-order valence-corrected chi connectivity index (χ1v) is 11.4. The SMILES string of the molecule is CC(C)Cc1ccc(C(NC(=O)Cc2csc(NC(=O)c3ccco3)n2)C(C)C)cc1. The molecule has 6 nitrogen and oxygen atoms in total. The molecule has 2 N–H and O–H groups in total. The van der Waals surface area contributed by atoms with Crippen molar-refractivity contribution < 1.29 is 14.0 Å². The second kappa shape index (κ2) is 10.4. The molecule has 1 unspecified atom stereocenters. The van der Waals surface area contributed by atoms with E-state index < -0.39 is 0 Å². The van der Waals surface area contributed by atoms with Gasteiger partial charge >= 0.3 is 0 Å². The molecule has 2 amide bonds. The Hall–Kier alpha value is -2.93. The highest BCUT2D eigenvalue weighted by Crippen LogP contribution is 2.23. The lowest BCUT2D eigenvalue weighted by atomic mass is 9.93. The molecule has 0 aliphatic heterocycles. The fourth-order valence-corrected chi connectivity index (χ4v) is 4.07. The number of rotatable bonds is 9. The first-order valence-electron chi connectivity index (χ1n) is 10.5. The van der Waals surface area contributed by atoms with Gasteiger partial charge in [0, 0.05) is 5.38 Å². The zero-order valence-electron chi connectivity index (χ0n) is 18.3. The van der Waals surface area contributed by atoms with Gasteiger partial charge in [0.15, 0.2) is 10.9 Å². The minimum absolute atomic E-state index is 0.0719. The van der Waals surface area contributed by atoms with Crippen LogP contribution < -0.4 is 10.6 Å². The van der Waals surface area contributed by atoms with E-state index in [0.29, 0.717) is 16.7 Å². The van der Waals surface area contributed by atoms with E-state index in [1.165, 1.54) is 23.2 Å². The molecule has 1 aromatic carbocycles. The summed E-state index contributed by atoms with van der Waals surface area (Å²) in [6.07, 6.45) is 2.64. The summed E-state index contributed by atoms with van der Waals surface area (Å²) in [6.45, 7) is 8.60. The number of hydrogen-bond donors (Lipinski definition) is 2. The van der Waals surface area contributed by atoms with Crippen molar-refractivity contribution in [2.75, 3.05) is 5.32 Å². The fraction of sp³-hybridized carbons (Fsp3) is 0.375. The Bertz CT molecular complexity index is 992. The van der Waals surface area contributed by atoms with E-state index in [4.69, 9.17) is 4.42 Å².